The average Bonchev–Trinajstić information content (AvgIpc) is 3.36. The molecule has 1 aromatic carbocycles. The summed E-state index contributed by atoms with van der Waals surface area (Å²) in [5.74, 6) is -0.975. The van der Waals surface area contributed by atoms with Crippen molar-refractivity contribution in [1.29, 1.82) is 0 Å². The van der Waals surface area contributed by atoms with Crippen LogP contribution in [0.4, 0.5) is 4.39 Å². The van der Waals surface area contributed by atoms with E-state index in [9.17, 15) is 9.59 Å². The van der Waals surface area contributed by atoms with E-state index >= 15 is 4.39 Å². The van der Waals surface area contributed by atoms with E-state index in [0.29, 0.717) is 5.69 Å². The summed E-state index contributed by atoms with van der Waals surface area (Å²) in [6.45, 7) is 0.0952. The molecular formula is C20H20FN3O4. The van der Waals surface area contributed by atoms with Gasteiger partial charge in [0.15, 0.2) is 5.69 Å². The summed E-state index contributed by atoms with van der Waals surface area (Å²) in [4.78, 5) is 31.0. The van der Waals surface area contributed by atoms with Crippen LogP contribution < -0.4 is 4.74 Å². The van der Waals surface area contributed by atoms with Crippen LogP contribution in [0.5, 0.6) is 5.75 Å². The van der Waals surface area contributed by atoms with Crippen LogP contribution in [0.15, 0.2) is 30.6 Å². The minimum Gasteiger partial charge on any atom is -0.485 e. The number of methoxy groups -OCH3 is 1. The Kier molecular flexibility index (Phi) is 3.72. The number of nitrogens with zero attached hydrogens (tertiary/aromatic N) is 3. The molecule has 1 amide bonds. The lowest BCUT2D eigenvalue weighted by Gasteiger charge is -2.23. The summed E-state index contributed by atoms with van der Waals surface area (Å²) in [5, 5.41) is 0. The number of rotatable bonds is 3. The number of hydrogen-bond acceptors (Lipinski definition) is 5. The Balaban J connectivity index is 1.46. The van der Waals surface area contributed by atoms with E-state index in [-0.39, 0.29) is 37.2 Å². The zero-order valence-corrected chi connectivity index (χ0v) is 15.4. The van der Waals surface area contributed by atoms with E-state index in [2.05, 4.69) is 4.98 Å². The molecule has 2 atom stereocenters. The van der Waals surface area contributed by atoms with Crippen LogP contribution in [-0.2, 0) is 16.1 Å². The largest absolute Gasteiger partial charge is 0.485 e. The van der Waals surface area contributed by atoms with Gasteiger partial charge in [0.2, 0.25) is 5.67 Å². The van der Waals surface area contributed by atoms with E-state index in [1.807, 2.05) is 28.8 Å². The van der Waals surface area contributed by atoms with E-state index in [1.165, 1.54) is 12.0 Å². The summed E-state index contributed by atoms with van der Waals surface area (Å²) >= 11 is 0. The second kappa shape index (κ2) is 6.05. The summed E-state index contributed by atoms with van der Waals surface area (Å²) in [5.41, 5.74) is -0.490. The number of benzene rings is 1. The first-order valence-electron chi connectivity index (χ1n) is 9.38. The number of aromatic nitrogens is 2. The molecule has 0 N–H and O–H groups in total. The fraction of sp³-hybridized carbons (Fsp3) is 0.450. The Morgan fingerprint density at radius 1 is 1.32 bits per heavy atom. The van der Waals surface area contributed by atoms with Crippen molar-refractivity contribution in [2.75, 3.05) is 20.2 Å². The molecule has 1 aromatic heterocycles. The Bertz CT molecular complexity index is 970. The molecule has 1 saturated carbocycles. The molecule has 146 valence electrons. The number of halogens is 1. The van der Waals surface area contributed by atoms with Crippen molar-refractivity contribution < 1.29 is 23.5 Å². The number of carbonyl (C=O) groups excluding carboxylic acids is 2. The van der Waals surface area contributed by atoms with Crippen molar-refractivity contribution >= 4 is 11.9 Å². The van der Waals surface area contributed by atoms with Crippen LogP contribution in [0.3, 0.4) is 0 Å². The van der Waals surface area contributed by atoms with Gasteiger partial charge in [-0.2, -0.15) is 0 Å². The zero-order valence-electron chi connectivity index (χ0n) is 15.4. The van der Waals surface area contributed by atoms with Crippen LogP contribution in [0, 0.1) is 11.8 Å². The topological polar surface area (TPSA) is 73.7 Å². The van der Waals surface area contributed by atoms with Crippen LogP contribution >= 0.6 is 0 Å². The van der Waals surface area contributed by atoms with Gasteiger partial charge in [-0.05, 0) is 30.9 Å². The fourth-order valence-corrected chi connectivity index (χ4v) is 4.38. The highest BCUT2D eigenvalue weighted by Gasteiger charge is 2.59. The molecule has 2 aliphatic heterocycles. The molecule has 7 nitrogen and oxygen atoms in total. The molecule has 8 heteroatoms. The van der Waals surface area contributed by atoms with Crippen molar-refractivity contribution in [3.8, 4) is 11.4 Å². The minimum atomic E-state index is -2.16. The number of likely N-dealkylation sites (tertiary alicyclic amines) is 1. The highest BCUT2D eigenvalue weighted by atomic mass is 19.1. The van der Waals surface area contributed by atoms with Gasteiger partial charge in [0, 0.05) is 12.5 Å². The van der Waals surface area contributed by atoms with Crippen LogP contribution in [0.25, 0.3) is 5.69 Å². The van der Waals surface area contributed by atoms with Gasteiger partial charge in [-0.3, -0.25) is 9.36 Å². The first-order valence-corrected chi connectivity index (χ1v) is 9.38. The second-order valence-electron chi connectivity index (χ2n) is 7.65. The number of para-hydroxylation sites is 2. The predicted octanol–water partition coefficient (Wildman–Crippen LogP) is 2.13. The van der Waals surface area contributed by atoms with E-state index in [1.54, 1.807) is 6.33 Å². The van der Waals surface area contributed by atoms with Crippen molar-refractivity contribution in [3.05, 3.63) is 42.0 Å². The lowest BCUT2D eigenvalue weighted by atomic mass is 9.88. The van der Waals surface area contributed by atoms with E-state index < -0.39 is 17.6 Å². The lowest BCUT2D eigenvalue weighted by Crippen LogP contribution is -2.44. The molecule has 2 fully saturated rings. The fourth-order valence-electron chi connectivity index (χ4n) is 4.38. The molecule has 1 saturated heterocycles. The van der Waals surface area contributed by atoms with Crippen molar-refractivity contribution in [1.82, 2.24) is 14.5 Å². The van der Waals surface area contributed by atoms with Gasteiger partial charge in [0.25, 0.3) is 5.91 Å². The monoisotopic (exact) mass is 385 g/mol. The molecule has 0 radical (unpaired) electrons. The molecule has 1 aliphatic carbocycles. The number of alkyl halides is 1. The van der Waals surface area contributed by atoms with Gasteiger partial charge in [-0.15, -0.1) is 0 Å². The van der Waals surface area contributed by atoms with Crippen molar-refractivity contribution in [3.63, 3.8) is 0 Å². The molecule has 3 heterocycles. The van der Waals surface area contributed by atoms with Crippen LogP contribution in [0.2, 0.25) is 0 Å². The molecule has 2 unspecified atom stereocenters. The smallest absolute Gasteiger partial charge is 0.345 e. The first kappa shape index (κ1) is 17.2. The molecule has 2 aromatic rings. The minimum absolute atomic E-state index is 0.119. The number of amides is 1. The third-order valence-electron chi connectivity index (χ3n) is 5.99. The second-order valence-corrected chi connectivity index (χ2v) is 7.65. The average molecular weight is 385 g/mol. The number of carbonyl (C=O) groups is 2. The molecule has 5 rings (SSSR count). The molecular weight excluding hydrogens is 365 g/mol. The third kappa shape index (κ3) is 2.43. The highest BCUT2D eigenvalue weighted by molar-refractivity contribution is 5.95. The summed E-state index contributed by atoms with van der Waals surface area (Å²) in [7, 11) is 1.18. The standard InChI is InChI=1S/C20H20FN3O4/c1-27-19(26)20(21)10-23(8-13(20)12-6-7-12)18(25)17-15-9-28-16-5-3-2-4-14(16)24(15)11-22-17/h2-5,11-13H,6-10H2,1H3. The van der Waals surface area contributed by atoms with Gasteiger partial charge < -0.3 is 14.4 Å². The van der Waals surface area contributed by atoms with Gasteiger partial charge in [0.05, 0.1) is 25.0 Å². The van der Waals surface area contributed by atoms with E-state index in [0.717, 1.165) is 24.3 Å². The number of esters is 1. The number of imidazole rings is 1. The number of fused-ring (bicyclic) bond motifs is 3. The zero-order chi connectivity index (χ0) is 19.5. The third-order valence-corrected chi connectivity index (χ3v) is 5.99. The van der Waals surface area contributed by atoms with Gasteiger partial charge in [-0.1, -0.05) is 12.1 Å². The normalized spacial score (nSPS) is 25.6. The molecule has 0 spiro atoms. The maximum Gasteiger partial charge on any atom is 0.345 e. The van der Waals surface area contributed by atoms with Gasteiger partial charge >= 0.3 is 5.97 Å². The van der Waals surface area contributed by atoms with Gasteiger partial charge in [-0.25, -0.2) is 14.2 Å². The highest BCUT2D eigenvalue weighted by Crippen LogP contribution is 2.48. The molecule has 28 heavy (non-hydrogen) atoms. The molecule has 3 aliphatic rings. The number of hydrogen-bond donors (Lipinski definition) is 0. The summed E-state index contributed by atoms with van der Waals surface area (Å²) < 4.78 is 27.8. The lowest BCUT2D eigenvalue weighted by molar-refractivity contribution is -0.156. The predicted molar refractivity (Wildman–Crippen MR) is 95.9 cm³/mol. The SMILES string of the molecule is COC(=O)C1(F)CN(C(=O)c2ncn3c2COc2ccccc2-3)CC1C1CC1. The quantitative estimate of drug-likeness (QED) is 0.757. The Morgan fingerprint density at radius 2 is 2.11 bits per heavy atom. The first-order chi connectivity index (χ1) is 13.5. The Hall–Kier alpha value is -2.90. The Morgan fingerprint density at radius 3 is 2.86 bits per heavy atom. The van der Waals surface area contributed by atoms with Gasteiger partial charge in [0.1, 0.15) is 18.7 Å². The van der Waals surface area contributed by atoms with E-state index in [4.69, 9.17) is 9.47 Å². The maximum atomic E-state index is 15.5. The number of ether oxygens (including phenoxy) is 2. The molecule has 0 bridgehead atoms. The summed E-state index contributed by atoms with van der Waals surface area (Å²) in [6, 6.07) is 7.50. The van der Waals surface area contributed by atoms with Crippen molar-refractivity contribution in [2.45, 2.75) is 25.1 Å². The maximum absolute atomic E-state index is 15.5. The van der Waals surface area contributed by atoms with Crippen LogP contribution in [-0.4, -0.2) is 52.2 Å². The Labute approximate surface area is 161 Å². The van der Waals surface area contributed by atoms with Crippen molar-refractivity contribution in [2.24, 2.45) is 11.8 Å². The van der Waals surface area contributed by atoms with Crippen LogP contribution in [0.1, 0.15) is 29.0 Å². The summed E-state index contributed by atoms with van der Waals surface area (Å²) in [6.07, 6.45) is 3.33.